The molecule has 10 heteroatoms. The van der Waals surface area contributed by atoms with E-state index in [1.54, 1.807) is 0 Å². The number of nitrogens with zero attached hydrogens (tertiary/aromatic N) is 1. The Morgan fingerprint density at radius 3 is 2.48 bits per heavy atom. The van der Waals surface area contributed by atoms with Crippen molar-refractivity contribution in [2.45, 2.75) is 6.54 Å². The van der Waals surface area contributed by atoms with Gasteiger partial charge in [-0.25, -0.2) is 22.3 Å². The van der Waals surface area contributed by atoms with Gasteiger partial charge in [0.1, 0.15) is 5.76 Å². The fraction of sp³-hybridized carbons (Fsp3) is 0.455. The Kier molecular flexibility index (Phi) is 5.73. The lowest BCUT2D eigenvalue weighted by Crippen LogP contribution is -2.39. The van der Waals surface area contributed by atoms with E-state index >= 15 is 0 Å². The van der Waals surface area contributed by atoms with Crippen LogP contribution in [0.3, 0.4) is 0 Å². The van der Waals surface area contributed by atoms with Gasteiger partial charge < -0.3 is 20.2 Å². The molecule has 0 aromatic carbocycles. The van der Waals surface area contributed by atoms with E-state index in [1.807, 2.05) is 0 Å². The second kappa shape index (κ2) is 7.09. The first-order chi connectivity index (χ1) is 9.72. The molecule has 1 heterocycles. The molecule has 0 radical (unpaired) electrons. The van der Waals surface area contributed by atoms with E-state index in [2.05, 4.69) is 10.6 Å². The second-order valence-corrected chi connectivity index (χ2v) is 6.58. The average Bonchev–Trinajstić information content (AvgIpc) is 2.85. The minimum absolute atomic E-state index is 0.000452. The summed E-state index contributed by atoms with van der Waals surface area (Å²) in [5, 5.41) is 13.5. The van der Waals surface area contributed by atoms with Gasteiger partial charge in [-0.15, -0.1) is 0 Å². The highest BCUT2D eigenvalue weighted by Crippen LogP contribution is 2.07. The number of carbonyl (C=O) groups is 2. The van der Waals surface area contributed by atoms with Gasteiger partial charge in [0.25, 0.3) is 0 Å². The van der Waals surface area contributed by atoms with Gasteiger partial charge >= 0.3 is 12.0 Å². The smallest absolute Gasteiger partial charge is 0.371 e. The van der Waals surface area contributed by atoms with Crippen LogP contribution in [0.5, 0.6) is 0 Å². The Morgan fingerprint density at radius 2 is 1.95 bits per heavy atom. The predicted molar refractivity (Wildman–Crippen MR) is 73.4 cm³/mol. The Bertz CT molecular complexity index is 607. The number of sulfonamides is 1. The number of nitrogens with one attached hydrogen (secondary N) is 2. The van der Waals surface area contributed by atoms with Gasteiger partial charge in [-0.2, -0.15) is 0 Å². The summed E-state index contributed by atoms with van der Waals surface area (Å²) >= 11 is 0. The molecule has 0 aliphatic carbocycles. The molecule has 118 valence electrons. The van der Waals surface area contributed by atoms with Crippen LogP contribution in [0, 0.1) is 0 Å². The predicted octanol–water partition coefficient (Wildman–Crippen LogP) is -0.332. The first-order valence-corrected chi connectivity index (χ1v) is 7.57. The van der Waals surface area contributed by atoms with Gasteiger partial charge in [-0.1, -0.05) is 0 Å². The Labute approximate surface area is 122 Å². The summed E-state index contributed by atoms with van der Waals surface area (Å²) in [6.07, 6.45) is 0. The van der Waals surface area contributed by atoms with Crippen LogP contribution in [0.15, 0.2) is 16.5 Å². The molecule has 0 unspecified atom stereocenters. The zero-order valence-electron chi connectivity index (χ0n) is 11.6. The van der Waals surface area contributed by atoms with Crippen molar-refractivity contribution in [1.29, 1.82) is 0 Å². The first kappa shape index (κ1) is 17.0. The summed E-state index contributed by atoms with van der Waals surface area (Å²) in [6, 6.07) is 2.14. The fourth-order valence-electron chi connectivity index (χ4n) is 1.29. The summed E-state index contributed by atoms with van der Waals surface area (Å²) in [6.45, 7) is -0.0373. The maximum Gasteiger partial charge on any atom is 0.371 e. The lowest BCUT2D eigenvalue weighted by atomic mass is 10.4. The van der Waals surface area contributed by atoms with Crippen molar-refractivity contribution in [3.05, 3.63) is 23.7 Å². The Morgan fingerprint density at radius 1 is 1.29 bits per heavy atom. The maximum absolute atomic E-state index is 11.4. The molecule has 0 saturated carbocycles. The van der Waals surface area contributed by atoms with Crippen molar-refractivity contribution in [2.24, 2.45) is 0 Å². The molecule has 1 rings (SSSR count). The van der Waals surface area contributed by atoms with Crippen LogP contribution in [-0.4, -0.2) is 56.2 Å². The SMILES string of the molecule is CN(C)S(=O)(=O)CCNC(=O)NCc1ccc(C(=O)O)o1. The number of carbonyl (C=O) groups excluding carboxylic acids is 1. The molecule has 1 aromatic rings. The Hall–Kier alpha value is -2.07. The fourth-order valence-corrected chi connectivity index (χ4v) is 2.02. The molecule has 0 aliphatic heterocycles. The van der Waals surface area contributed by atoms with Crippen LogP contribution in [0.4, 0.5) is 4.79 Å². The van der Waals surface area contributed by atoms with E-state index in [0.29, 0.717) is 0 Å². The normalized spacial score (nSPS) is 11.4. The zero-order valence-corrected chi connectivity index (χ0v) is 12.4. The number of carboxylic acids is 1. The maximum atomic E-state index is 11.4. The number of furan rings is 1. The molecule has 0 fully saturated rings. The molecule has 3 N–H and O–H groups in total. The number of aromatic carboxylic acids is 1. The van der Waals surface area contributed by atoms with Crippen LogP contribution in [0.25, 0.3) is 0 Å². The summed E-state index contributed by atoms with van der Waals surface area (Å²) < 4.78 is 28.9. The van der Waals surface area contributed by atoms with E-state index in [-0.39, 0.29) is 30.4 Å². The van der Waals surface area contributed by atoms with Crippen molar-refractivity contribution in [2.75, 3.05) is 26.4 Å². The minimum Gasteiger partial charge on any atom is -0.475 e. The Balaban J connectivity index is 2.33. The molecule has 1 aromatic heterocycles. The lowest BCUT2D eigenvalue weighted by molar-refractivity contribution is 0.0660. The van der Waals surface area contributed by atoms with E-state index in [1.165, 1.54) is 26.2 Å². The van der Waals surface area contributed by atoms with Crippen molar-refractivity contribution in [3.8, 4) is 0 Å². The topological polar surface area (TPSA) is 129 Å². The van der Waals surface area contributed by atoms with Gasteiger partial charge in [0.2, 0.25) is 15.8 Å². The van der Waals surface area contributed by atoms with Gasteiger partial charge in [-0.05, 0) is 12.1 Å². The largest absolute Gasteiger partial charge is 0.475 e. The number of carboxylic acid groups (broad SMARTS) is 1. The molecule has 0 bridgehead atoms. The van der Waals surface area contributed by atoms with Crippen LogP contribution in [0.1, 0.15) is 16.3 Å². The van der Waals surface area contributed by atoms with Gasteiger partial charge in [0, 0.05) is 20.6 Å². The van der Waals surface area contributed by atoms with Gasteiger partial charge in [0.05, 0.1) is 12.3 Å². The van der Waals surface area contributed by atoms with Crippen LogP contribution in [-0.2, 0) is 16.6 Å². The number of amides is 2. The highest BCUT2D eigenvalue weighted by atomic mass is 32.2. The molecule has 21 heavy (non-hydrogen) atoms. The van der Waals surface area contributed by atoms with Crippen molar-refractivity contribution in [1.82, 2.24) is 14.9 Å². The molecule has 2 amide bonds. The molecule has 0 atom stereocenters. The van der Waals surface area contributed by atoms with E-state index in [9.17, 15) is 18.0 Å². The highest BCUT2D eigenvalue weighted by Gasteiger charge is 2.14. The van der Waals surface area contributed by atoms with Crippen LogP contribution < -0.4 is 10.6 Å². The molecule has 0 saturated heterocycles. The number of hydrogen-bond acceptors (Lipinski definition) is 5. The monoisotopic (exact) mass is 319 g/mol. The molecule has 0 spiro atoms. The minimum atomic E-state index is -3.36. The number of urea groups is 1. The third-order valence-corrected chi connectivity index (χ3v) is 4.33. The standard InChI is InChI=1S/C11H17N3O6S/c1-14(2)21(18,19)6-5-12-11(17)13-7-8-3-4-9(20-8)10(15)16/h3-4H,5-7H2,1-2H3,(H,15,16)(H2,12,13,17). The molecular weight excluding hydrogens is 302 g/mol. The van der Waals surface area contributed by atoms with Crippen molar-refractivity contribution < 1.29 is 27.5 Å². The van der Waals surface area contributed by atoms with Crippen molar-refractivity contribution in [3.63, 3.8) is 0 Å². The zero-order chi connectivity index (χ0) is 16.0. The van der Waals surface area contributed by atoms with Crippen LogP contribution >= 0.6 is 0 Å². The van der Waals surface area contributed by atoms with Crippen molar-refractivity contribution >= 4 is 22.0 Å². The number of hydrogen-bond donors (Lipinski definition) is 3. The van der Waals surface area contributed by atoms with Gasteiger partial charge in [0.15, 0.2) is 0 Å². The summed E-state index contributed by atoms with van der Waals surface area (Å²) in [7, 11) is -0.542. The third kappa shape index (κ3) is 5.44. The number of rotatable bonds is 7. The lowest BCUT2D eigenvalue weighted by Gasteiger charge is -2.11. The molecule has 9 nitrogen and oxygen atoms in total. The van der Waals surface area contributed by atoms with E-state index < -0.39 is 22.0 Å². The summed E-state index contributed by atoms with van der Waals surface area (Å²) in [5.74, 6) is -1.34. The second-order valence-electron chi connectivity index (χ2n) is 4.28. The van der Waals surface area contributed by atoms with E-state index in [0.717, 1.165) is 4.31 Å². The summed E-state index contributed by atoms with van der Waals surface area (Å²) in [4.78, 5) is 22.0. The highest BCUT2D eigenvalue weighted by molar-refractivity contribution is 7.89. The third-order valence-electron chi connectivity index (χ3n) is 2.50. The quantitative estimate of drug-likeness (QED) is 0.631. The van der Waals surface area contributed by atoms with E-state index in [4.69, 9.17) is 9.52 Å². The van der Waals surface area contributed by atoms with Gasteiger partial charge in [-0.3, -0.25) is 0 Å². The first-order valence-electron chi connectivity index (χ1n) is 5.96. The van der Waals surface area contributed by atoms with Crippen LogP contribution in [0.2, 0.25) is 0 Å². The summed E-state index contributed by atoms with van der Waals surface area (Å²) in [5.41, 5.74) is 0. The average molecular weight is 319 g/mol. The molecule has 0 aliphatic rings. The molecular formula is C11H17N3O6S.